The minimum absolute atomic E-state index is 1.04. The fourth-order valence-electron chi connectivity index (χ4n) is 2.53. The van der Waals surface area contributed by atoms with Crippen molar-refractivity contribution in [1.29, 1.82) is 0 Å². The van der Waals surface area contributed by atoms with Crippen molar-refractivity contribution in [2.24, 2.45) is 0 Å². The zero-order valence-electron chi connectivity index (χ0n) is 11.7. The summed E-state index contributed by atoms with van der Waals surface area (Å²) in [6.07, 6.45) is 2.74. The normalized spacial score (nSPS) is 11.8. The van der Waals surface area contributed by atoms with Crippen molar-refractivity contribution in [2.75, 3.05) is 20.1 Å². The predicted molar refractivity (Wildman–Crippen MR) is 73.2 cm³/mol. The van der Waals surface area contributed by atoms with E-state index in [1.165, 1.54) is 25.9 Å². The maximum atomic E-state index is 2.49. The van der Waals surface area contributed by atoms with Gasteiger partial charge in [-0.3, -0.25) is 0 Å². The van der Waals surface area contributed by atoms with Crippen LogP contribution >= 0.6 is 0 Å². The molecule has 0 fully saturated rings. The molecule has 15 heavy (non-hydrogen) atoms. The molecule has 0 aliphatic carbocycles. The molecule has 0 aromatic rings. The Balaban J connectivity index is 3.71. The maximum absolute atomic E-state index is 2.49. The van der Waals surface area contributed by atoms with Crippen molar-refractivity contribution in [2.45, 2.75) is 59.0 Å². The number of hydrogen-bond donors (Lipinski definition) is 0. The van der Waals surface area contributed by atoms with Gasteiger partial charge < -0.3 is 0 Å². The van der Waals surface area contributed by atoms with Crippen LogP contribution in [0.3, 0.4) is 0 Å². The van der Waals surface area contributed by atoms with Gasteiger partial charge in [-0.2, -0.15) is 0 Å². The second-order valence-corrected chi connectivity index (χ2v) is 18.6. The van der Waals surface area contributed by atoms with E-state index in [1.54, 1.807) is 4.18 Å². The summed E-state index contributed by atoms with van der Waals surface area (Å²) in [7, 11) is 2.26. The summed E-state index contributed by atoms with van der Waals surface area (Å²) in [5, 5.41) is 0. The van der Waals surface area contributed by atoms with Gasteiger partial charge in [0.1, 0.15) is 0 Å². The second-order valence-electron chi connectivity index (χ2n) is 5.60. The van der Waals surface area contributed by atoms with Gasteiger partial charge in [0.15, 0.2) is 0 Å². The number of rotatable bonds is 8. The fourth-order valence-corrected chi connectivity index (χ4v) is 12.6. The summed E-state index contributed by atoms with van der Waals surface area (Å²) < 4.78 is 3.69. The first kappa shape index (κ1) is 15.8. The summed E-state index contributed by atoms with van der Waals surface area (Å²) in [6, 6.07) is 0. The molecule has 0 atom stereocenters. The van der Waals surface area contributed by atoms with Crippen molar-refractivity contribution >= 4 is 21.4 Å². The Morgan fingerprint density at radius 1 is 1.00 bits per heavy atom. The number of nitrogens with zero attached hydrogens (tertiary/aromatic N) is 1. The third-order valence-corrected chi connectivity index (χ3v) is 16.2. The van der Waals surface area contributed by atoms with Crippen LogP contribution in [0.4, 0.5) is 0 Å². The first-order valence-corrected chi connectivity index (χ1v) is 12.8. The third kappa shape index (κ3) is 7.68. The van der Waals surface area contributed by atoms with Gasteiger partial charge in [-0.25, -0.2) is 0 Å². The Kier molecular flexibility index (Phi) is 9.42. The van der Waals surface area contributed by atoms with Crippen LogP contribution in [0, 0.1) is 0 Å². The first-order valence-electron chi connectivity index (χ1n) is 6.67. The molecule has 0 radical (unpaired) electrons. The van der Waals surface area contributed by atoms with E-state index in [0.29, 0.717) is 0 Å². The molecule has 0 N–H and O–H groups in total. The van der Waals surface area contributed by atoms with Crippen LogP contribution in [0.2, 0.25) is 11.5 Å². The molecule has 0 unspecified atom stereocenters. The third-order valence-electron chi connectivity index (χ3n) is 3.40. The van der Waals surface area contributed by atoms with E-state index in [-0.39, 0.29) is 0 Å². The van der Waals surface area contributed by atoms with Crippen molar-refractivity contribution < 1.29 is 0 Å². The van der Waals surface area contributed by atoms with Crippen LogP contribution < -0.4 is 0 Å². The van der Waals surface area contributed by atoms with E-state index in [9.17, 15) is 0 Å². The van der Waals surface area contributed by atoms with Crippen LogP contribution in [0.5, 0.6) is 0 Å². The Morgan fingerprint density at radius 2 is 1.53 bits per heavy atom. The van der Waals surface area contributed by atoms with Gasteiger partial charge in [0, 0.05) is 0 Å². The summed E-state index contributed by atoms with van der Waals surface area (Å²) in [6.45, 7) is 14.7. The minimum atomic E-state index is -1.20. The van der Waals surface area contributed by atoms with Gasteiger partial charge in [-0.1, -0.05) is 0 Å². The molecule has 0 aromatic heterocycles. The number of hydrogen-bond acceptors (Lipinski definition) is 1. The van der Waals surface area contributed by atoms with E-state index in [1.807, 2.05) is 0 Å². The molecule has 0 rings (SSSR count). The summed E-state index contributed by atoms with van der Waals surface area (Å²) >= 11 is -1.20. The van der Waals surface area contributed by atoms with E-state index >= 15 is 0 Å². The van der Waals surface area contributed by atoms with Gasteiger partial charge in [0.25, 0.3) is 0 Å². The van der Waals surface area contributed by atoms with Gasteiger partial charge in [-0.15, -0.1) is 0 Å². The summed E-state index contributed by atoms with van der Waals surface area (Å²) in [5.41, 5.74) is 0. The van der Waals surface area contributed by atoms with Crippen molar-refractivity contribution in [3.63, 3.8) is 0 Å². The zero-order valence-corrected chi connectivity index (χ0v) is 15.0. The van der Waals surface area contributed by atoms with E-state index in [2.05, 4.69) is 46.6 Å². The van der Waals surface area contributed by atoms with Crippen molar-refractivity contribution in [3.05, 3.63) is 0 Å². The first-order chi connectivity index (χ1) is 6.99. The Labute approximate surface area is 105 Å². The molecule has 0 saturated carbocycles. The predicted octanol–water partition coefficient (Wildman–Crippen LogP) is 4.03. The molecule has 0 amide bonds. The summed E-state index contributed by atoms with van der Waals surface area (Å²) in [4.78, 5) is 2.49. The molecule has 1 nitrogen and oxygen atoms in total. The quantitative estimate of drug-likeness (QED) is 0.653. The van der Waals surface area contributed by atoms with E-state index < -0.39 is 21.4 Å². The van der Waals surface area contributed by atoms with Crippen LogP contribution in [0.1, 0.15) is 47.5 Å². The van der Waals surface area contributed by atoms with Crippen LogP contribution in [-0.4, -0.2) is 46.5 Å². The topological polar surface area (TPSA) is 3.24 Å². The molecule has 90 valence electrons. The Hall–Kier alpha value is 0.830. The van der Waals surface area contributed by atoms with Gasteiger partial charge in [0.2, 0.25) is 0 Å². The van der Waals surface area contributed by atoms with Gasteiger partial charge in [0.05, 0.1) is 0 Å². The standard InChI is InChI=1S/C7H16N.2C3H7.In/c1-4-6-8(3)7-5-2;2*1-3-2;/h1,4-7H2,2-3H3;2*3H,1-2H3;. The monoisotopic (exact) mass is 315 g/mol. The molecular formula is C13H30InN. The average Bonchev–Trinajstić information content (AvgIpc) is 2.11. The molecule has 0 aromatic carbocycles. The Bertz CT molecular complexity index is 137. The molecule has 0 saturated heterocycles. The molecule has 0 aliphatic heterocycles. The van der Waals surface area contributed by atoms with E-state index in [0.717, 1.165) is 7.35 Å². The van der Waals surface area contributed by atoms with Crippen molar-refractivity contribution in [1.82, 2.24) is 4.90 Å². The Morgan fingerprint density at radius 3 is 1.93 bits per heavy atom. The van der Waals surface area contributed by atoms with Gasteiger partial charge in [-0.05, 0) is 0 Å². The van der Waals surface area contributed by atoms with Gasteiger partial charge >= 0.3 is 105 Å². The van der Waals surface area contributed by atoms with Crippen molar-refractivity contribution in [3.8, 4) is 0 Å². The SMILES string of the molecule is CCCN(C)CC[CH2][In]([CH](C)C)[CH](C)C. The molecule has 0 heterocycles. The summed E-state index contributed by atoms with van der Waals surface area (Å²) in [5.74, 6) is 0. The molecule has 2 heteroatoms. The molecular weight excluding hydrogens is 285 g/mol. The fraction of sp³-hybridized carbons (Fsp3) is 1.00. The molecule has 0 bridgehead atoms. The van der Waals surface area contributed by atoms with Crippen LogP contribution in [-0.2, 0) is 0 Å². The second kappa shape index (κ2) is 8.92. The molecule has 0 aliphatic rings. The molecule has 0 spiro atoms. The van der Waals surface area contributed by atoms with Crippen LogP contribution in [0.15, 0.2) is 0 Å². The van der Waals surface area contributed by atoms with Crippen LogP contribution in [0.25, 0.3) is 0 Å². The van der Waals surface area contributed by atoms with E-state index in [4.69, 9.17) is 0 Å². The zero-order chi connectivity index (χ0) is 11.8. The average molecular weight is 315 g/mol.